The number of hydrogen-bond acceptors (Lipinski definition) is 9. The van der Waals surface area contributed by atoms with Crippen molar-refractivity contribution in [2.75, 3.05) is 6.61 Å². The number of nitrogens with zero attached hydrogens (tertiary/aromatic N) is 6. The molecule has 48 heavy (non-hydrogen) atoms. The van der Waals surface area contributed by atoms with Crippen LogP contribution >= 0.6 is 0 Å². The molecule has 0 saturated heterocycles. The predicted octanol–water partition coefficient (Wildman–Crippen LogP) is 5.86. The van der Waals surface area contributed by atoms with Crippen LogP contribution in [-0.4, -0.2) is 53.2 Å². The van der Waals surface area contributed by atoms with Gasteiger partial charge in [0.25, 0.3) is 0 Å². The van der Waals surface area contributed by atoms with Crippen molar-refractivity contribution >= 4 is 11.9 Å². The summed E-state index contributed by atoms with van der Waals surface area (Å²) in [6.07, 6.45) is 10.7. The third-order valence-electron chi connectivity index (χ3n) is 8.59. The highest BCUT2D eigenvalue weighted by Gasteiger charge is 2.31. The van der Waals surface area contributed by atoms with Crippen molar-refractivity contribution in [2.24, 2.45) is 0 Å². The molecule has 2 aliphatic rings. The first-order valence-corrected chi connectivity index (χ1v) is 15.9. The number of aryl methyl sites for hydroxylation is 4. The number of ether oxygens (including phenoxy) is 1. The first kappa shape index (κ1) is 30.9. The Labute approximate surface area is 276 Å². The highest BCUT2D eigenvalue weighted by Crippen LogP contribution is 2.39. The summed E-state index contributed by atoms with van der Waals surface area (Å²) in [5.74, 6) is 0.392. The fourth-order valence-electron chi connectivity index (χ4n) is 6.40. The van der Waals surface area contributed by atoms with E-state index in [1.54, 1.807) is 26.2 Å². The molecule has 6 heterocycles. The molecule has 0 saturated carbocycles. The number of carboxylic acids is 1. The van der Waals surface area contributed by atoms with E-state index in [1.807, 2.05) is 58.9 Å². The minimum atomic E-state index is -1.04. The van der Waals surface area contributed by atoms with Gasteiger partial charge in [-0.15, -0.1) is 0 Å². The molecule has 0 unspecified atom stereocenters. The summed E-state index contributed by atoms with van der Waals surface area (Å²) in [5.41, 5.74) is 9.13. The maximum Gasteiger partial charge on any atom is 0.374 e. The number of aromatic carboxylic acids is 1. The van der Waals surface area contributed by atoms with Crippen molar-refractivity contribution in [1.82, 2.24) is 29.5 Å². The Hall–Kier alpha value is -5.78. The minimum absolute atomic E-state index is 0.0159. The average molecular weight is 647 g/mol. The van der Waals surface area contributed by atoms with Gasteiger partial charge in [0.15, 0.2) is 0 Å². The third-order valence-corrected chi connectivity index (χ3v) is 8.59. The second-order valence-corrected chi connectivity index (χ2v) is 11.8. The number of carbonyl (C=O) groups is 2. The van der Waals surface area contributed by atoms with Crippen LogP contribution in [0.4, 0.5) is 0 Å². The standard InChI is InChI=1S/C19H19N3O3.C17H15N3O3/c1-3-24-19(23)18-12(2)16-15(25-18)8-7-13-10-22(21-17(13)16)11-14-6-4-5-9-20-14;1-10-14-13(23-16(10)17(21)22)6-5-11-8-20(19-15(11)14)9-12-4-2-3-7-18-12/h4-6,9-10H,3,7-8,11H2,1-2H3;2-4,7-8H,5-6,9H2,1H3,(H,21,22). The first-order chi connectivity index (χ1) is 23.3. The van der Waals surface area contributed by atoms with Crippen LogP contribution in [0.5, 0.6) is 0 Å². The van der Waals surface area contributed by atoms with Gasteiger partial charge in [-0.25, -0.2) is 9.59 Å². The molecule has 12 nitrogen and oxygen atoms in total. The smallest absolute Gasteiger partial charge is 0.374 e. The lowest BCUT2D eigenvalue weighted by Gasteiger charge is -2.09. The average Bonchev–Trinajstić information content (AvgIpc) is 3.85. The van der Waals surface area contributed by atoms with E-state index in [9.17, 15) is 14.7 Å². The number of esters is 1. The van der Waals surface area contributed by atoms with Crippen LogP contribution in [-0.2, 0) is 43.5 Å². The van der Waals surface area contributed by atoms with Crippen molar-refractivity contribution in [1.29, 1.82) is 0 Å². The number of aromatic nitrogens is 6. The van der Waals surface area contributed by atoms with Crippen LogP contribution in [0.15, 0.2) is 70.0 Å². The molecule has 1 N–H and O–H groups in total. The Bertz CT molecular complexity index is 2120. The summed E-state index contributed by atoms with van der Waals surface area (Å²) < 4.78 is 20.2. The number of pyridine rings is 2. The normalized spacial score (nSPS) is 12.6. The maximum absolute atomic E-state index is 12.1. The predicted molar refractivity (Wildman–Crippen MR) is 174 cm³/mol. The quantitative estimate of drug-likeness (QED) is 0.209. The van der Waals surface area contributed by atoms with Gasteiger partial charge in [-0.2, -0.15) is 10.2 Å². The van der Waals surface area contributed by atoms with Gasteiger partial charge in [-0.3, -0.25) is 19.3 Å². The number of furan rings is 2. The van der Waals surface area contributed by atoms with E-state index in [4.69, 9.17) is 18.7 Å². The molecule has 6 aromatic heterocycles. The highest BCUT2D eigenvalue weighted by atomic mass is 16.5. The molecular formula is C36H34N6O6. The third kappa shape index (κ3) is 5.81. The topological polar surface area (TPSA) is 151 Å². The summed E-state index contributed by atoms with van der Waals surface area (Å²) in [6, 6.07) is 11.6. The maximum atomic E-state index is 12.1. The summed E-state index contributed by atoms with van der Waals surface area (Å²) in [4.78, 5) is 32.0. The second-order valence-electron chi connectivity index (χ2n) is 11.8. The summed E-state index contributed by atoms with van der Waals surface area (Å²) in [7, 11) is 0. The van der Waals surface area contributed by atoms with Gasteiger partial charge >= 0.3 is 11.9 Å². The van der Waals surface area contributed by atoms with Crippen molar-refractivity contribution in [2.45, 2.75) is 59.5 Å². The van der Waals surface area contributed by atoms with Crippen LogP contribution in [0.2, 0.25) is 0 Å². The molecule has 0 atom stereocenters. The van der Waals surface area contributed by atoms with Crippen LogP contribution in [0.25, 0.3) is 22.5 Å². The highest BCUT2D eigenvalue weighted by molar-refractivity contribution is 5.92. The lowest BCUT2D eigenvalue weighted by atomic mass is 9.94. The lowest BCUT2D eigenvalue weighted by Crippen LogP contribution is -2.05. The van der Waals surface area contributed by atoms with Crippen LogP contribution in [0, 0.1) is 13.8 Å². The molecule has 2 aliphatic carbocycles. The number of rotatable bonds is 7. The van der Waals surface area contributed by atoms with E-state index >= 15 is 0 Å². The van der Waals surface area contributed by atoms with Gasteiger partial charge in [0.1, 0.15) is 11.5 Å². The number of carboxylic acid groups (broad SMARTS) is 1. The lowest BCUT2D eigenvalue weighted by molar-refractivity contribution is 0.0486. The second kappa shape index (κ2) is 12.8. The fourth-order valence-corrected chi connectivity index (χ4v) is 6.40. The zero-order valence-corrected chi connectivity index (χ0v) is 26.9. The number of carbonyl (C=O) groups excluding carboxylic acids is 1. The number of hydrogen-bond donors (Lipinski definition) is 1. The zero-order chi connectivity index (χ0) is 33.4. The van der Waals surface area contributed by atoms with Gasteiger partial charge in [0, 0.05) is 59.9 Å². The molecule has 8 rings (SSSR count). The largest absolute Gasteiger partial charge is 0.475 e. The molecular weight excluding hydrogens is 612 g/mol. The molecule has 0 amide bonds. The van der Waals surface area contributed by atoms with E-state index in [0.717, 1.165) is 75.8 Å². The monoisotopic (exact) mass is 646 g/mol. The van der Waals surface area contributed by atoms with E-state index in [0.29, 0.717) is 37.4 Å². The van der Waals surface area contributed by atoms with Gasteiger partial charge in [-0.1, -0.05) is 12.1 Å². The number of fused-ring (bicyclic) bond motifs is 6. The fraction of sp³-hybridized carbons (Fsp3) is 0.278. The van der Waals surface area contributed by atoms with Crippen LogP contribution < -0.4 is 0 Å². The zero-order valence-electron chi connectivity index (χ0n) is 26.9. The molecule has 6 aromatic rings. The molecule has 0 radical (unpaired) electrons. The SMILES string of the molecule is CCOC(=O)c1oc2c(c1C)-c1nn(Cc3ccccn3)cc1CC2.Cc1c(C(=O)O)oc2c1-c1nn(Cc3ccccn3)cc1CC2. The van der Waals surface area contributed by atoms with Gasteiger partial charge in [-0.05, 0) is 69.0 Å². The Morgan fingerprint density at radius 2 is 1.27 bits per heavy atom. The van der Waals surface area contributed by atoms with E-state index < -0.39 is 11.9 Å². The van der Waals surface area contributed by atoms with Crippen molar-refractivity contribution < 1.29 is 28.3 Å². The van der Waals surface area contributed by atoms with Gasteiger partial charge in [0.2, 0.25) is 11.5 Å². The van der Waals surface area contributed by atoms with Crippen molar-refractivity contribution in [3.05, 3.63) is 118 Å². The molecule has 0 fully saturated rings. The molecule has 12 heteroatoms. The summed E-state index contributed by atoms with van der Waals surface area (Å²) in [6.45, 7) is 6.98. The molecule has 244 valence electrons. The molecule has 0 aromatic carbocycles. The first-order valence-electron chi connectivity index (χ1n) is 15.9. The Kier molecular flexibility index (Phi) is 8.22. The van der Waals surface area contributed by atoms with Crippen LogP contribution in [0.3, 0.4) is 0 Å². The summed E-state index contributed by atoms with van der Waals surface area (Å²) >= 11 is 0. The minimum Gasteiger partial charge on any atom is -0.475 e. The van der Waals surface area contributed by atoms with Gasteiger partial charge < -0.3 is 18.7 Å². The molecule has 0 spiro atoms. The van der Waals surface area contributed by atoms with E-state index in [1.165, 1.54) is 5.56 Å². The molecule has 0 aliphatic heterocycles. The van der Waals surface area contributed by atoms with E-state index in [-0.39, 0.29) is 5.76 Å². The van der Waals surface area contributed by atoms with E-state index in [2.05, 4.69) is 21.3 Å². The van der Waals surface area contributed by atoms with Crippen LogP contribution in [0.1, 0.15) is 73.2 Å². The Balaban J connectivity index is 0.000000152. The summed E-state index contributed by atoms with van der Waals surface area (Å²) in [5, 5.41) is 18.6. The Morgan fingerprint density at radius 3 is 1.73 bits per heavy atom. The van der Waals surface area contributed by atoms with Gasteiger partial charge in [0.05, 0.1) is 42.5 Å². The molecule has 0 bridgehead atoms. The van der Waals surface area contributed by atoms with Crippen molar-refractivity contribution in [3.8, 4) is 22.5 Å². The Morgan fingerprint density at radius 1 is 0.771 bits per heavy atom. The van der Waals surface area contributed by atoms with Crippen molar-refractivity contribution in [3.63, 3.8) is 0 Å².